The SMILES string of the molecule is N[C@@H]1CCN(c2ccc(-c3cccc(Sc4cn[nH]c4)n3)cn2)C1. The first-order valence-electron chi connectivity index (χ1n) is 7.88. The van der Waals surface area contributed by atoms with Crippen molar-refractivity contribution in [1.29, 1.82) is 0 Å². The van der Waals surface area contributed by atoms with Gasteiger partial charge in [0, 0.05) is 37.1 Å². The van der Waals surface area contributed by atoms with E-state index in [1.807, 2.05) is 36.7 Å². The smallest absolute Gasteiger partial charge is 0.128 e. The van der Waals surface area contributed by atoms with Crippen LogP contribution in [0, 0.1) is 0 Å². The highest BCUT2D eigenvalue weighted by Crippen LogP contribution is 2.28. The fourth-order valence-corrected chi connectivity index (χ4v) is 3.52. The van der Waals surface area contributed by atoms with Crippen LogP contribution in [0.4, 0.5) is 5.82 Å². The first-order valence-corrected chi connectivity index (χ1v) is 8.70. The van der Waals surface area contributed by atoms with Gasteiger partial charge in [-0.15, -0.1) is 0 Å². The average Bonchev–Trinajstić information content (AvgIpc) is 3.27. The van der Waals surface area contributed by atoms with Gasteiger partial charge in [0.25, 0.3) is 0 Å². The van der Waals surface area contributed by atoms with Crippen LogP contribution >= 0.6 is 11.8 Å². The van der Waals surface area contributed by atoms with Crippen LogP contribution < -0.4 is 10.6 Å². The number of H-pyrrole nitrogens is 1. The summed E-state index contributed by atoms with van der Waals surface area (Å²) in [7, 11) is 0. The Morgan fingerprint density at radius 1 is 1.21 bits per heavy atom. The van der Waals surface area contributed by atoms with E-state index in [4.69, 9.17) is 10.7 Å². The van der Waals surface area contributed by atoms with E-state index < -0.39 is 0 Å². The standard InChI is InChI=1S/C17H18N6S/c18-13-6-7-23(11-13)16-5-4-12(8-19-16)15-2-1-3-17(22-15)24-14-9-20-21-10-14/h1-5,8-10,13H,6-7,11,18H2,(H,20,21)/t13-/m1/s1. The Morgan fingerprint density at radius 2 is 2.17 bits per heavy atom. The maximum atomic E-state index is 5.97. The monoisotopic (exact) mass is 338 g/mol. The van der Waals surface area contributed by atoms with Crippen molar-refractivity contribution >= 4 is 17.6 Å². The van der Waals surface area contributed by atoms with Crippen molar-refractivity contribution in [2.45, 2.75) is 22.4 Å². The van der Waals surface area contributed by atoms with Crippen molar-refractivity contribution in [2.75, 3.05) is 18.0 Å². The van der Waals surface area contributed by atoms with Crippen molar-refractivity contribution < 1.29 is 0 Å². The largest absolute Gasteiger partial charge is 0.355 e. The molecular formula is C17H18N6S. The minimum absolute atomic E-state index is 0.254. The molecule has 0 bridgehead atoms. The molecule has 0 amide bonds. The molecule has 4 heterocycles. The predicted octanol–water partition coefficient (Wildman–Crippen LogP) is 2.56. The Labute approximate surface area is 144 Å². The lowest BCUT2D eigenvalue weighted by atomic mass is 10.2. The van der Waals surface area contributed by atoms with Gasteiger partial charge < -0.3 is 10.6 Å². The number of aromatic amines is 1. The summed E-state index contributed by atoms with van der Waals surface area (Å²) in [4.78, 5) is 12.6. The molecule has 3 aromatic heterocycles. The fourth-order valence-electron chi connectivity index (χ4n) is 2.77. The third-order valence-electron chi connectivity index (χ3n) is 4.01. The van der Waals surface area contributed by atoms with E-state index in [0.29, 0.717) is 0 Å². The molecule has 24 heavy (non-hydrogen) atoms. The highest BCUT2D eigenvalue weighted by atomic mass is 32.2. The highest BCUT2D eigenvalue weighted by molar-refractivity contribution is 7.99. The van der Waals surface area contributed by atoms with E-state index in [1.165, 1.54) is 0 Å². The molecule has 1 atom stereocenters. The second-order valence-corrected chi connectivity index (χ2v) is 6.89. The summed E-state index contributed by atoms with van der Waals surface area (Å²) in [6.07, 6.45) is 6.55. The van der Waals surface area contributed by atoms with Crippen molar-refractivity contribution in [3.05, 3.63) is 48.9 Å². The number of nitrogens with zero attached hydrogens (tertiary/aromatic N) is 4. The maximum absolute atomic E-state index is 5.97. The van der Waals surface area contributed by atoms with E-state index in [-0.39, 0.29) is 6.04 Å². The molecule has 3 aromatic rings. The lowest BCUT2D eigenvalue weighted by Gasteiger charge is -2.16. The quantitative estimate of drug-likeness (QED) is 0.761. The third kappa shape index (κ3) is 3.27. The molecule has 0 unspecified atom stereocenters. The average molecular weight is 338 g/mol. The summed E-state index contributed by atoms with van der Waals surface area (Å²) >= 11 is 1.58. The van der Waals surface area contributed by atoms with Gasteiger partial charge in [0.1, 0.15) is 10.8 Å². The van der Waals surface area contributed by atoms with Crippen LogP contribution in [0.2, 0.25) is 0 Å². The Bertz CT molecular complexity index is 802. The van der Waals surface area contributed by atoms with Crippen LogP contribution in [0.5, 0.6) is 0 Å². The van der Waals surface area contributed by atoms with Crippen LogP contribution in [0.25, 0.3) is 11.3 Å². The summed E-state index contributed by atoms with van der Waals surface area (Å²) in [5.74, 6) is 0.982. The van der Waals surface area contributed by atoms with E-state index in [1.54, 1.807) is 18.0 Å². The lowest BCUT2D eigenvalue weighted by Crippen LogP contribution is -2.26. The Kier molecular flexibility index (Phi) is 4.18. The third-order valence-corrected chi connectivity index (χ3v) is 4.91. The Balaban J connectivity index is 1.53. The van der Waals surface area contributed by atoms with E-state index >= 15 is 0 Å². The topological polar surface area (TPSA) is 83.7 Å². The van der Waals surface area contributed by atoms with Crippen LogP contribution in [-0.2, 0) is 0 Å². The van der Waals surface area contributed by atoms with Gasteiger partial charge in [-0.1, -0.05) is 17.8 Å². The van der Waals surface area contributed by atoms with Gasteiger partial charge >= 0.3 is 0 Å². The van der Waals surface area contributed by atoms with Gasteiger partial charge in [0.05, 0.1) is 16.8 Å². The zero-order valence-corrected chi connectivity index (χ0v) is 13.9. The minimum Gasteiger partial charge on any atom is -0.355 e. The molecule has 7 heteroatoms. The lowest BCUT2D eigenvalue weighted by molar-refractivity contribution is 0.751. The number of hydrogen-bond donors (Lipinski definition) is 2. The Hall–Kier alpha value is -2.38. The molecule has 3 N–H and O–H groups in total. The summed E-state index contributed by atoms with van der Waals surface area (Å²) in [5, 5.41) is 7.70. The van der Waals surface area contributed by atoms with Crippen LogP contribution in [0.1, 0.15) is 6.42 Å². The first-order chi connectivity index (χ1) is 11.8. The minimum atomic E-state index is 0.254. The molecule has 4 rings (SSSR count). The number of nitrogens with two attached hydrogens (primary N) is 1. The summed E-state index contributed by atoms with van der Waals surface area (Å²) in [6.45, 7) is 1.85. The van der Waals surface area contributed by atoms with Crippen LogP contribution in [-0.4, -0.2) is 39.3 Å². The molecule has 0 saturated carbocycles. The zero-order chi connectivity index (χ0) is 16.4. The number of hydrogen-bond acceptors (Lipinski definition) is 6. The molecule has 1 aliphatic rings. The van der Waals surface area contributed by atoms with Gasteiger partial charge in [-0.25, -0.2) is 9.97 Å². The number of nitrogens with one attached hydrogen (secondary N) is 1. The van der Waals surface area contributed by atoms with Crippen LogP contribution in [0.3, 0.4) is 0 Å². The molecule has 1 saturated heterocycles. The summed E-state index contributed by atoms with van der Waals surface area (Å²) in [6, 6.07) is 10.4. The number of anilines is 1. The van der Waals surface area contributed by atoms with Crippen molar-refractivity contribution in [3.63, 3.8) is 0 Å². The molecule has 1 aliphatic heterocycles. The summed E-state index contributed by atoms with van der Waals surface area (Å²) < 4.78 is 0. The van der Waals surface area contributed by atoms with Gasteiger partial charge in [-0.2, -0.15) is 5.10 Å². The van der Waals surface area contributed by atoms with E-state index in [9.17, 15) is 0 Å². The van der Waals surface area contributed by atoms with E-state index in [2.05, 4.69) is 26.1 Å². The second-order valence-electron chi connectivity index (χ2n) is 5.80. The first kappa shape index (κ1) is 15.2. The fraction of sp³-hybridized carbons (Fsp3) is 0.235. The van der Waals surface area contributed by atoms with E-state index in [0.717, 1.165) is 46.5 Å². The number of rotatable bonds is 4. The van der Waals surface area contributed by atoms with Crippen molar-refractivity contribution in [2.24, 2.45) is 5.73 Å². The molecule has 0 aliphatic carbocycles. The van der Waals surface area contributed by atoms with Crippen molar-refractivity contribution in [1.82, 2.24) is 20.2 Å². The number of pyridine rings is 2. The van der Waals surface area contributed by atoms with Gasteiger partial charge in [0.2, 0.25) is 0 Å². The molecule has 0 spiro atoms. The Morgan fingerprint density at radius 3 is 2.88 bits per heavy atom. The zero-order valence-electron chi connectivity index (χ0n) is 13.1. The highest BCUT2D eigenvalue weighted by Gasteiger charge is 2.20. The van der Waals surface area contributed by atoms with Gasteiger partial charge in [0.15, 0.2) is 0 Å². The normalized spacial score (nSPS) is 17.4. The predicted molar refractivity (Wildman–Crippen MR) is 95.0 cm³/mol. The molecule has 1 fully saturated rings. The van der Waals surface area contributed by atoms with Gasteiger partial charge in [-0.3, -0.25) is 5.10 Å². The molecule has 0 radical (unpaired) electrons. The molecule has 6 nitrogen and oxygen atoms in total. The summed E-state index contributed by atoms with van der Waals surface area (Å²) in [5.41, 5.74) is 7.90. The molecule has 0 aromatic carbocycles. The van der Waals surface area contributed by atoms with Crippen molar-refractivity contribution in [3.8, 4) is 11.3 Å². The second kappa shape index (κ2) is 6.62. The molecular weight excluding hydrogens is 320 g/mol. The number of aromatic nitrogens is 4. The van der Waals surface area contributed by atoms with Crippen LogP contribution in [0.15, 0.2) is 58.8 Å². The van der Waals surface area contributed by atoms with Gasteiger partial charge in [-0.05, 0) is 30.7 Å². The molecule has 122 valence electrons. The maximum Gasteiger partial charge on any atom is 0.128 e.